The predicted molar refractivity (Wildman–Crippen MR) is 84.7 cm³/mol. The van der Waals surface area contributed by atoms with E-state index in [9.17, 15) is 15.0 Å². The first-order chi connectivity index (χ1) is 10.1. The number of rotatable bonds is 10. The van der Waals surface area contributed by atoms with Gasteiger partial charge in [0.2, 0.25) is 0 Å². The Morgan fingerprint density at radius 1 is 0.952 bits per heavy atom. The van der Waals surface area contributed by atoms with Crippen LogP contribution in [-0.2, 0) is 0 Å². The molecule has 0 aliphatic carbocycles. The van der Waals surface area contributed by atoms with Gasteiger partial charge >= 0.3 is 0 Å². The van der Waals surface area contributed by atoms with Gasteiger partial charge in [0.15, 0.2) is 11.5 Å². The zero-order valence-corrected chi connectivity index (χ0v) is 12.9. The fourth-order valence-electron chi connectivity index (χ4n) is 2.23. The molecule has 0 aliphatic heterocycles. The molecule has 0 aromatic heterocycles. The Kier molecular flexibility index (Phi) is 8.32. The molecule has 0 bridgehead atoms. The van der Waals surface area contributed by atoms with E-state index in [4.69, 9.17) is 0 Å². The molecule has 0 radical (unpaired) electrons. The Hall–Kier alpha value is -1.71. The van der Waals surface area contributed by atoms with Crippen LogP contribution in [0.2, 0.25) is 0 Å². The van der Waals surface area contributed by atoms with Crippen molar-refractivity contribution < 1.29 is 15.0 Å². The number of nitrogens with one attached hydrogen (secondary N) is 1. The van der Waals surface area contributed by atoms with Crippen LogP contribution in [0.3, 0.4) is 0 Å². The number of amides is 1. The fraction of sp³-hybridized carbons (Fsp3) is 0.588. The fourth-order valence-corrected chi connectivity index (χ4v) is 2.23. The van der Waals surface area contributed by atoms with Gasteiger partial charge in [-0.05, 0) is 24.6 Å². The van der Waals surface area contributed by atoms with Crippen molar-refractivity contribution in [2.24, 2.45) is 0 Å². The Balaban J connectivity index is 2.09. The lowest BCUT2D eigenvalue weighted by Gasteiger charge is -2.06. The smallest absolute Gasteiger partial charge is 0.251 e. The maximum absolute atomic E-state index is 11.8. The number of aromatic hydroxyl groups is 2. The molecule has 1 aromatic carbocycles. The molecular formula is C17H27NO3. The molecule has 4 heteroatoms. The summed E-state index contributed by atoms with van der Waals surface area (Å²) in [4.78, 5) is 11.8. The number of hydrogen-bond acceptors (Lipinski definition) is 3. The van der Waals surface area contributed by atoms with Crippen LogP contribution in [0.15, 0.2) is 18.2 Å². The molecule has 1 rings (SSSR count). The highest BCUT2D eigenvalue weighted by molar-refractivity contribution is 5.94. The van der Waals surface area contributed by atoms with Gasteiger partial charge in [-0.15, -0.1) is 0 Å². The first kappa shape index (κ1) is 17.3. The van der Waals surface area contributed by atoms with Gasteiger partial charge in [-0.2, -0.15) is 0 Å². The summed E-state index contributed by atoms with van der Waals surface area (Å²) in [5.41, 5.74) is 0.366. The third-order valence-corrected chi connectivity index (χ3v) is 3.55. The molecule has 1 amide bonds. The van der Waals surface area contributed by atoms with Gasteiger partial charge in [-0.1, -0.05) is 51.9 Å². The third kappa shape index (κ3) is 7.02. The van der Waals surface area contributed by atoms with Crippen molar-refractivity contribution in [3.8, 4) is 11.5 Å². The standard InChI is InChI=1S/C17H27NO3/c1-2-3-4-5-6-7-8-9-12-18-17(21)14-10-11-15(19)16(20)13-14/h10-11,13,19-20H,2-9,12H2,1H3,(H,18,21). The summed E-state index contributed by atoms with van der Waals surface area (Å²) in [6, 6.07) is 4.09. The number of unbranched alkanes of at least 4 members (excludes halogenated alkanes) is 7. The molecule has 0 saturated heterocycles. The molecule has 3 N–H and O–H groups in total. The SMILES string of the molecule is CCCCCCCCCCNC(=O)c1ccc(O)c(O)c1. The van der Waals surface area contributed by atoms with Crippen molar-refractivity contribution in [1.29, 1.82) is 0 Å². The van der Waals surface area contributed by atoms with E-state index in [1.165, 1.54) is 56.7 Å². The topological polar surface area (TPSA) is 69.6 Å². The van der Waals surface area contributed by atoms with E-state index in [1.807, 2.05) is 0 Å². The lowest BCUT2D eigenvalue weighted by atomic mass is 10.1. The van der Waals surface area contributed by atoms with Gasteiger partial charge < -0.3 is 15.5 Å². The van der Waals surface area contributed by atoms with E-state index in [1.54, 1.807) is 0 Å². The summed E-state index contributed by atoms with van der Waals surface area (Å²) in [5.74, 6) is -0.697. The Morgan fingerprint density at radius 3 is 2.19 bits per heavy atom. The van der Waals surface area contributed by atoms with E-state index in [0.29, 0.717) is 12.1 Å². The van der Waals surface area contributed by atoms with Crippen LogP contribution in [-0.4, -0.2) is 22.7 Å². The van der Waals surface area contributed by atoms with Crippen molar-refractivity contribution in [1.82, 2.24) is 5.32 Å². The number of phenolic OH excluding ortho intramolecular Hbond substituents is 2. The number of carbonyl (C=O) groups is 1. The molecule has 0 aliphatic rings. The number of hydrogen-bond donors (Lipinski definition) is 3. The number of carbonyl (C=O) groups excluding carboxylic acids is 1. The lowest BCUT2D eigenvalue weighted by molar-refractivity contribution is 0.0952. The van der Waals surface area contributed by atoms with Crippen LogP contribution >= 0.6 is 0 Å². The maximum Gasteiger partial charge on any atom is 0.251 e. The molecule has 4 nitrogen and oxygen atoms in total. The Labute approximate surface area is 127 Å². The summed E-state index contributed by atoms with van der Waals surface area (Å²) < 4.78 is 0. The van der Waals surface area contributed by atoms with Crippen LogP contribution < -0.4 is 5.32 Å². The number of benzene rings is 1. The Bertz CT molecular complexity index is 432. The predicted octanol–water partition coefficient (Wildman–Crippen LogP) is 3.97. The van der Waals surface area contributed by atoms with E-state index >= 15 is 0 Å². The second kappa shape index (κ2) is 10.1. The minimum Gasteiger partial charge on any atom is -0.504 e. The second-order valence-corrected chi connectivity index (χ2v) is 5.43. The summed E-state index contributed by atoms with van der Waals surface area (Å²) in [7, 11) is 0. The molecule has 0 spiro atoms. The highest BCUT2D eigenvalue weighted by Crippen LogP contribution is 2.24. The van der Waals surface area contributed by atoms with Crippen LogP contribution in [0.4, 0.5) is 0 Å². The molecule has 0 atom stereocenters. The summed E-state index contributed by atoms with van der Waals surface area (Å²) in [5, 5.41) is 21.4. The molecule has 0 unspecified atom stereocenters. The van der Waals surface area contributed by atoms with Crippen molar-refractivity contribution >= 4 is 5.91 Å². The normalized spacial score (nSPS) is 10.5. The van der Waals surface area contributed by atoms with Gasteiger partial charge in [0.25, 0.3) is 5.91 Å². The zero-order valence-electron chi connectivity index (χ0n) is 12.9. The highest BCUT2D eigenvalue weighted by Gasteiger charge is 2.07. The monoisotopic (exact) mass is 293 g/mol. The third-order valence-electron chi connectivity index (χ3n) is 3.55. The van der Waals surface area contributed by atoms with Crippen LogP contribution in [0, 0.1) is 0 Å². The number of phenols is 2. The average Bonchev–Trinajstić information content (AvgIpc) is 2.48. The van der Waals surface area contributed by atoms with E-state index in [0.717, 1.165) is 12.8 Å². The Morgan fingerprint density at radius 2 is 1.57 bits per heavy atom. The van der Waals surface area contributed by atoms with Crippen molar-refractivity contribution in [3.05, 3.63) is 23.8 Å². The van der Waals surface area contributed by atoms with Crippen molar-refractivity contribution in [2.75, 3.05) is 6.54 Å². The minimum atomic E-state index is -0.269. The molecule has 0 fully saturated rings. The van der Waals surface area contributed by atoms with Gasteiger partial charge in [0.1, 0.15) is 0 Å². The largest absolute Gasteiger partial charge is 0.504 e. The van der Waals surface area contributed by atoms with Gasteiger partial charge in [0.05, 0.1) is 0 Å². The first-order valence-corrected chi connectivity index (χ1v) is 7.95. The van der Waals surface area contributed by atoms with Gasteiger partial charge in [-0.3, -0.25) is 4.79 Å². The quantitative estimate of drug-likeness (QED) is 0.451. The van der Waals surface area contributed by atoms with Gasteiger partial charge in [-0.25, -0.2) is 0 Å². The highest BCUT2D eigenvalue weighted by atomic mass is 16.3. The molecule has 21 heavy (non-hydrogen) atoms. The summed E-state index contributed by atoms with van der Waals surface area (Å²) in [6.07, 6.45) is 9.86. The summed E-state index contributed by atoms with van der Waals surface area (Å²) in [6.45, 7) is 2.87. The van der Waals surface area contributed by atoms with Gasteiger partial charge in [0, 0.05) is 12.1 Å². The minimum absolute atomic E-state index is 0.213. The molecule has 118 valence electrons. The molecule has 0 saturated carbocycles. The van der Waals surface area contributed by atoms with Crippen molar-refractivity contribution in [3.63, 3.8) is 0 Å². The lowest BCUT2D eigenvalue weighted by Crippen LogP contribution is -2.24. The van der Waals surface area contributed by atoms with Crippen LogP contribution in [0.25, 0.3) is 0 Å². The zero-order chi connectivity index (χ0) is 15.5. The molecule has 1 aromatic rings. The molecular weight excluding hydrogens is 266 g/mol. The van der Waals surface area contributed by atoms with Crippen LogP contribution in [0.1, 0.15) is 68.6 Å². The maximum atomic E-state index is 11.8. The van der Waals surface area contributed by atoms with Crippen LogP contribution in [0.5, 0.6) is 11.5 Å². The van der Waals surface area contributed by atoms with E-state index < -0.39 is 0 Å². The second-order valence-electron chi connectivity index (χ2n) is 5.43. The van der Waals surface area contributed by atoms with E-state index in [2.05, 4.69) is 12.2 Å². The first-order valence-electron chi connectivity index (χ1n) is 7.95. The summed E-state index contributed by atoms with van der Waals surface area (Å²) >= 11 is 0. The molecule has 0 heterocycles. The average molecular weight is 293 g/mol. The van der Waals surface area contributed by atoms with Crippen molar-refractivity contribution in [2.45, 2.75) is 58.3 Å². The van der Waals surface area contributed by atoms with E-state index in [-0.39, 0.29) is 17.4 Å².